The molecule has 16 heavy (non-hydrogen) atoms. The van der Waals surface area contributed by atoms with Gasteiger partial charge in [-0.2, -0.15) is 0 Å². The molecule has 1 rings (SSSR count). The minimum atomic E-state index is -0.579. The molecule has 1 unspecified atom stereocenters. The Kier molecular flexibility index (Phi) is 5.29. The van der Waals surface area contributed by atoms with E-state index in [1.165, 1.54) is 0 Å². The minimum Gasteiger partial charge on any atom is -0.491 e. The number of methoxy groups -OCH3 is 1. The monoisotopic (exact) mass is 224 g/mol. The number of hydrogen-bond donors (Lipinski definition) is 1. The molecule has 1 atom stereocenters. The fourth-order valence-corrected chi connectivity index (χ4v) is 1.52. The average molecular weight is 224 g/mol. The maximum Gasteiger partial charge on any atom is 0.122 e. The van der Waals surface area contributed by atoms with Gasteiger partial charge >= 0.3 is 0 Å². The lowest BCUT2D eigenvalue weighted by Gasteiger charge is -2.16. The summed E-state index contributed by atoms with van der Waals surface area (Å²) < 4.78 is 10.4. The third-order valence-electron chi connectivity index (χ3n) is 2.33. The van der Waals surface area contributed by atoms with E-state index in [1.807, 2.05) is 24.3 Å². The summed E-state index contributed by atoms with van der Waals surface area (Å²) in [7, 11) is 1.56. The van der Waals surface area contributed by atoms with Crippen molar-refractivity contribution in [2.24, 2.45) is 0 Å². The predicted octanol–water partition coefficient (Wildman–Crippen LogP) is 2.20. The fraction of sp³-hybridized carbons (Fsp3) is 0.538. The normalized spacial score (nSPS) is 12.8. The summed E-state index contributed by atoms with van der Waals surface area (Å²) in [5, 5.41) is 9.49. The van der Waals surface area contributed by atoms with E-state index in [9.17, 15) is 5.11 Å². The summed E-state index contributed by atoms with van der Waals surface area (Å²) in [4.78, 5) is 0. The van der Waals surface area contributed by atoms with Crippen LogP contribution in [0.1, 0.15) is 25.3 Å². The van der Waals surface area contributed by atoms with Gasteiger partial charge in [0.2, 0.25) is 0 Å². The highest BCUT2D eigenvalue weighted by Gasteiger charge is 2.09. The SMILES string of the molecule is COCC(O)COc1ccccc1C(C)C. The third kappa shape index (κ3) is 3.83. The van der Waals surface area contributed by atoms with Crippen molar-refractivity contribution >= 4 is 0 Å². The van der Waals surface area contributed by atoms with Gasteiger partial charge in [0.05, 0.1) is 6.61 Å². The lowest BCUT2D eigenvalue weighted by atomic mass is 10.0. The topological polar surface area (TPSA) is 38.7 Å². The van der Waals surface area contributed by atoms with Crippen LogP contribution in [0.15, 0.2) is 24.3 Å². The molecular weight excluding hydrogens is 204 g/mol. The Morgan fingerprint density at radius 1 is 1.19 bits per heavy atom. The van der Waals surface area contributed by atoms with Crippen LogP contribution in [-0.4, -0.2) is 31.5 Å². The molecule has 0 radical (unpaired) electrons. The Balaban J connectivity index is 2.59. The van der Waals surface area contributed by atoms with Crippen LogP contribution >= 0.6 is 0 Å². The lowest BCUT2D eigenvalue weighted by molar-refractivity contribution is 0.0322. The molecule has 0 saturated carbocycles. The number of aliphatic hydroxyl groups is 1. The molecule has 0 fully saturated rings. The van der Waals surface area contributed by atoms with E-state index in [-0.39, 0.29) is 6.61 Å². The van der Waals surface area contributed by atoms with Gasteiger partial charge < -0.3 is 14.6 Å². The molecule has 0 amide bonds. The summed E-state index contributed by atoms with van der Waals surface area (Å²) >= 11 is 0. The number of para-hydroxylation sites is 1. The van der Waals surface area contributed by atoms with Crippen LogP contribution in [0, 0.1) is 0 Å². The molecule has 0 aliphatic rings. The van der Waals surface area contributed by atoms with Crippen molar-refractivity contribution < 1.29 is 14.6 Å². The quantitative estimate of drug-likeness (QED) is 0.805. The zero-order valence-corrected chi connectivity index (χ0v) is 10.1. The molecule has 90 valence electrons. The molecule has 0 spiro atoms. The maximum absolute atomic E-state index is 9.49. The van der Waals surface area contributed by atoms with Crippen LogP contribution in [0.4, 0.5) is 0 Å². The molecule has 0 heterocycles. The van der Waals surface area contributed by atoms with Crippen LogP contribution in [-0.2, 0) is 4.74 Å². The number of aliphatic hydroxyl groups excluding tert-OH is 1. The van der Waals surface area contributed by atoms with Gasteiger partial charge in [0, 0.05) is 7.11 Å². The Labute approximate surface area is 97.0 Å². The number of hydrogen-bond acceptors (Lipinski definition) is 3. The second-order valence-electron chi connectivity index (χ2n) is 4.11. The van der Waals surface area contributed by atoms with Crippen molar-refractivity contribution in [2.45, 2.75) is 25.9 Å². The van der Waals surface area contributed by atoms with Crippen LogP contribution in [0.3, 0.4) is 0 Å². The summed E-state index contributed by atoms with van der Waals surface area (Å²) in [6, 6.07) is 7.90. The van der Waals surface area contributed by atoms with Gasteiger partial charge in [-0.05, 0) is 17.5 Å². The van der Waals surface area contributed by atoms with Crippen molar-refractivity contribution in [3.63, 3.8) is 0 Å². The second kappa shape index (κ2) is 6.51. The number of rotatable bonds is 6. The highest BCUT2D eigenvalue weighted by molar-refractivity contribution is 5.35. The first-order valence-electron chi connectivity index (χ1n) is 5.54. The van der Waals surface area contributed by atoms with E-state index in [2.05, 4.69) is 13.8 Å². The summed E-state index contributed by atoms with van der Waals surface area (Å²) in [6.45, 7) is 4.79. The zero-order chi connectivity index (χ0) is 12.0. The third-order valence-corrected chi connectivity index (χ3v) is 2.33. The van der Waals surface area contributed by atoms with Crippen LogP contribution in [0.25, 0.3) is 0 Å². The maximum atomic E-state index is 9.49. The van der Waals surface area contributed by atoms with Gasteiger partial charge in [-0.25, -0.2) is 0 Å². The summed E-state index contributed by atoms with van der Waals surface area (Å²) in [6.07, 6.45) is -0.579. The zero-order valence-electron chi connectivity index (χ0n) is 10.1. The van der Waals surface area contributed by atoms with E-state index >= 15 is 0 Å². The Morgan fingerprint density at radius 2 is 1.88 bits per heavy atom. The van der Waals surface area contributed by atoms with Crippen molar-refractivity contribution in [2.75, 3.05) is 20.3 Å². The highest BCUT2D eigenvalue weighted by atomic mass is 16.5. The van der Waals surface area contributed by atoms with Crippen molar-refractivity contribution in [3.05, 3.63) is 29.8 Å². The van der Waals surface area contributed by atoms with E-state index in [1.54, 1.807) is 7.11 Å². The van der Waals surface area contributed by atoms with Gasteiger partial charge in [-0.1, -0.05) is 32.0 Å². The van der Waals surface area contributed by atoms with Crippen LogP contribution < -0.4 is 4.74 Å². The first kappa shape index (κ1) is 13.0. The first-order valence-corrected chi connectivity index (χ1v) is 5.54. The summed E-state index contributed by atoms with van der Waals surface area (Å²) in [5.74, 6) is 1.25. The van der Waals surface area contributed by atoms with E-state index in [0.717, 1.165) is 11.3 Å². The lowest BCUT2D eigenvalue weighted by Crippen LogP contribution is -2.23. The molecule has 1 aromatic carbocycles. The molecule has 0 aliphatic carbocycles. The molecule has 0 aliphatic heterocycles. The number of benzene rings is 1. The van der Waals surface area contributed by atoms with Gasteiger partial charge in [0.1, 0.15) is 18.5 Å². The van der Waals surface area contributed by atoms with Crippen LogP contribution in [0.2, 0.25) is 0 Å². The molecule has 0 aromatic heterocycles. The van der Waals surface area contributed by atoms with Crippen molar-refractivity contribution in [1.29, 1.82) is 0 Å². The van der Waals surface area contributed by atoms with Gasteiger partial charge in [0.25, 0.3) is 0 Å². The molecule has 1 aromatic rings. The molecule has 3 heteroatoms. The van der Waals surface area contributed by atoms with Crippen molar-refractivity contribution in [3.8, 4) is 5.75 Å². The average Bonchev–Trinajstić information content (AvgIpc) is 2.27. The van der Waals surface area contributed by atoms with E-state index < -0.39 is 6.10 Å². The Bertz CT molecular complexity index is 310. The fourth-order valence-electron chi connectivity index (χ4n) is 1.52. The standard InChI is InChI=1S/C13H20O3/c1-10(2)12-6-4-5-7-13(12)16-9-11(14)8-15-3/h4-7,10-11,14H,8-9H2,1-3H3. The van der Waals surface area contributed by atoms with Gasteiger partial charge in [-0.3, -0.25) is 0 Å². The molecule has 0 saturated heterocycles. The van der Waals surface area contributed by atoms with E-state index in [4.69, 9.17) is 9.47 Å². The minimum absolute atomic E-state index is 0.261. The first-order chi connectivity index (χ1) is 7.65. The highest BCUT2D eigenvalue weighted by Crippen LogP contribution is 2.25. The Hall–Kier alpha value is -1.06. The molecule has 0 bridgehead atoms. The smallest absolute Gasteiger partial charge is 0.122 e. The van der Waals surface area contributed by atoms with E-state index in [0.29, 0.717) is 12.5 Å². The molecule has 3 nitrogen and oxygen atoms in total. The predicted molar refractivity (Wildman–Crippen MR) is 63.9 cm³/mol. The van der Waals surface area contributed by atoms with Gasteiger partial charge in [-0.15, -0.1) is 0 Å². The van der Waals surface area contributed by atoms with Gasteiger partial charge in [0.15, 0.2) is 0 Å². The summed E-state index contributed by atoms with van der Waals surface area (Å²) in [5.41, 5.74) is 1.16. The largest absolute Gasteiger partial charge is 0.491 e. The second-order valence-corrected chi connectivity index (χ2v) is 4.11. The Morgan fingerprint density at radius 3 is 2.50 bits per heavy atom. The molecule has 1 N–H and O–H groups in total. The molecular formula is C13H20O3. The van der Waals surface area contributed by atoms with Crippen molar-refractivity contribution in [1.82, 2.24) is 0 Å². The van der Waals surface area contributed by atoms with Crippen LogP contribution in [0.5, 0.6) is 5.75 Å². The number of ether oxygens (including phenoxy) is 2.